The van der Waals surface area contributed by atoms with E-state index < -0.39 is 0 Å². The number of nitrogens with one attached hydrogen (secondary N) is 3. The number of rotatable bonds is 8. The fourth-order valence-corrected chi connectivity index (χ4v) is 2.71. The molecule has 0 aliphatic carbocycles. The molecule has 0 aliphatic rings. The first-order chi connectivity index (χ1) is 13.2. The Hall–Kier alpha value is -3.42. The molecule has 0 aliphatic heterocycles. The number of carbonyl (C=O) groups is 1. The first kappa shape index (κ1) is 18.4. The van der Waals surface area contributed by atoms with E-state index in [2.05, 4.69) is 20.6 Å². The lowest BCUT2D eigenvalue weighted by atomic mass is 10.1. The first-order valence-corrected chi connectivity index (χ1v) is 8.43. The summed E-state index contributed by atoms with van der Waals surface area (Å²) in [7, 11) is 4.54. The SMILES string of the molecule is COc1cc(C(=O)NCCNc2nc3ccccc3[nH]2)cc(OC)c1OC. The highest BCUT2D eigenvalue weighted by Gasteiger charge is 2.16. The largest absolute Gasteiger partial charge is 0.493 e. The van der Waals surface area contributed by atoms with Crippen LogP contribution in [0.15, 0.2) is 36.4 Å². The van der Waals surface area contributed by atoms with Crippen LogP contribution in [0.2, 0.25) is 0 Å². The molecule has 0 spiro atoms. The van der Waals surface area contributed by atoms with E-state index in [-0.39, 0.29) is 5.91 Å². The van der Waals surface area contributed by atoms with Gasteiger partial charge in [0.2, 0.25) is 11.7 Å². The smallest absolute Gasteiger partial charge is 0.251 e. The number of imidazole rings is 1. The quantitative estimate of drug-likeness (QED) is 0.527. The van der Waals surface area contributed by atoms with Crippen molar-refractivity contribution in [2.75, 3.05) is 39.7 Å². The zero-order valence-electron chi connectivity index (χ0n) is 15.5. The van der Waals surface area contributed by atoms with E-state index in [4.69, 9.17) is 14.2 Å². The molecule has 0 saturated carbocycles. The van der Waals surface area contributed by atoms with Crippen LogP contribution in [0, 0.1) is 0 Å². The molecule has 1 amide bonds. The molecule has 0 atom stereocenters. The monoisotopic (exact) mass is 370 g/mol. The van der Waals surface area contributed by atoms with Gasteiger partial charge in [-0.3, -0.25) is 4.79 Å². The summed E-state index contributed by atoms with van der Waals surface area (Å²) in [6.45, 7) is 0.947. The highest BCUT2D eigenvalue weighted by atomic mass is 16.5. The maximum Gasteiger partial charge on any atom is 0.251 e. The Morgan fingerprint density at radius 1 is 1.04 bits per heavy atom. The Bertz CT molecular complexity index is 880. The summed E-state index contributed by atoms with van der Waals surface area (Å²) in [6.07, 6.45) is 0. The van der Waals surface area contributed by atoms with Crippen LogP contribution in [0.4, 0.5) is 5.95 Å². The molecule has 0 radical (unpaired) electrons. The highest BCUT2D eigenvalue weighted by molar-refractivity contribution is 5.95. The van der Waals surface area contributed by atoms with E-state index in [1.807, 2.05) is 24.3 Å². The van der Waals surface area contributed by atoms with Crippen molar-refractivity contribution in [2.24, 2.45) is 0 Å². The zero-order valence-corrected chi connectivity index (χ0v) is 15.5. The van der Waals surface area contributed by atoms with Crippen molar-refractivity contribution in [1.29, 1.82) is 0 Å². The number of H-pyrrole nitrogens is 1. The Morgan fingerprint density at radius 3 is 2.37 bits per heavy atom. The van der Waals surface area contributed by atoms with Gasteiger partial charge in [0.05, 0.1) is 32.4 Å². The molecular formula is C19H22N4O4. The number of methoxy groups -OCH3 is 3. The molecule has 3 rings (SSSR count). The Balaban J connectivity index is 1.59. The Labute approximate surface area is 156 Å². The summed E-state index contributed by atoms with van der Waals surface area (Å²) < 4.78 is 15.8. The summed E-state index contributed by atoms with van der Waals surface area (Å²) in [6, 6.07) is 11.0. The fourth-order valence-electron chi connectivity index (χ4n) is 2.71. The minimum Gasteiger partial charge on any atom is -0.493 e. The number of carbonyl (C=O) groups excluding carboxylic acids is 1. The van der Waals surface area contributed by atoms with Gasteiger partial charge in [-0.05, 0) is 24.3 Å². The van der Waals surface area contributed by atoms with Gasteiger partial charge in [0.25, 0.3) is 5.91 Å². The summed E-state index contributed by atoms with van der Waals surface area (Å²) in [5.74, 6) is 1.74. The lowest BCUT2D eigenvalue weighted by molar-refractivity contribution is 0.0954. The second-order valence-electron chi connectivity index (χ2n) is 5.70. The van der Waals surface area contributed by atoms with Crippen LogP contribution in [0.1, 0.15) is 10.4 Å². The third kappa shape index (κ3) is 4.05. The Morgan fingerprint density at radius 2 is 1.74 bits per heavy atom. The van der Waals surface area contributed by atoms with Crippen LogP contribution in [0.3, 0.4) is 0 Å². The maximum atomic E-state index is 12.4. The van der Waals surface area contributed by atoms with E-state index in [1.54, 1.807) is 12.1 Å². The number of aromatic amines is 1. The minimum atomic E-state index is -0.236. The molecule has 3 N–H and O–H groups in total. The summed E-state index contributed by atoms with van der Waals surface area (Å²) in [5, 5.41) is 6.00. The summed E-state index contributed by atoms with van der Waals surface area (Å²) >= 11 is 0. The van der Waals surface area contributed by atoms with Crippen molar-refractivity contribution in [2.45, 2.75) is 0 Å². The molecule has 2 aromatic carbocycles. The van der Waals surface area contributed by atoms with Gasteiger partial charge in [-0.2, -0.15) is 0 Å². The van der Waals surface area contributed by atoms with Gasteiger partial charge >= 0.3 is 0 Å². The average molecular weight is 370 g/mol. The van der Waals surface area contributed by atoms with Gasteiger partial charge in [-0.25, -0.2) is 4.98 Å². The lowest BCUT2D eigenvalue weighted by Gasteiger charge is -2.14. The average Bonchev–Trinajstić information content (AvgIpc) is 3.12. The molecule has 0 fully saturated rings. The number of para-hydroxylation sites is 2. The predicted octanol–water partition coefficient (Wildman–Crippen LogP) is 2.43. The zero-order chi connectivity index (χ0) is 19.2. The van der Waals surface area contributed by atoms with Gasteiger partial charge < -0.3 is 29.8 Å². The molecule has 0 saturated heterocycles. The number of anilines is 1. The van der Waals surface area contributed by atoms with E-state index >= 15 is 0 Å². The van der Waals surface area contributed by atoms with Crippen LogP contribution < -0.4 is 24.8 Å². The van der Waals surface area contributed by atoms with Gasteiger partial charge in [0.15, 0.2) is 11.5 Å². The molecule has 0 bridgehead atoms. The van der Waals surface area contributed by atoms with Crippen LogP contribution in [0.25, 0.3) is 11.0 Å². The highest BCUT2D eigenvalue weighted by Crippen LogP contribution is 2.38. The Kier molecular flexibility index (Phi) is 5.65. The van der Waals surface area contributed by atoms with Gasteiger partial charge in [0.1, 0.15) is 0 Å². The number of aromatic nitrogens is 2. The predicted molar refractivity (Wildman–Crippen MR) is 103 cm³/mol. The van der Waals surface area contributed by atoms with E-state index in [0.717, 1.165) is 11.0 Å². The standard InChI is InChI=1S/C19H22N4O4/c1-25-15-10-12(11-16(26-2)17(15)27-3)18(24)20-8-9-21-19-22-13-6-4-5-7-14(13)23-19/h4-7,10-11H,8-9H2,1-3H3,(H,20,24)(H2,21,22,23). The number of fused-ring (bicyclic) bond motifs is 1. The van der Waals surface area contributed by atoms with Crippen LogP contribution >= 0.6 is 0 Å². The number of hydrogen-bond acceptors (Lipinski definition) is 6. The van der Waals surface area contributed by atoms with Gasteiger partial charge in [-0.1, -0.05) is 12.1 Å². The van der Waals surface area contributed by atoms with Crippen molar-refractivity contribution < 1.29 is 19.0 Å². The molecule has 8 heteroatoms. The van der Waals surface area contributed by atoms with Crippen molar-refractivity contribution >= 4 is 22.9 Å². The number of amides is 1. The fraction of sp³-hybridized carbons (Fsp3) is 0.263. The number of hydrogen-bond donors (Lipinski definition) is 3. The molecule has 27 heavy (non-hydrogen) atoms. The van der Waals surface area contributed by atoms with Gasteiger partial charge in [-0.15, -0.1) is 0 Å². The van der Waals surface area contributed by atoms with Crippen molar-refractivity contribution in [3.05, 3.63) is 42.0 Å². The topological polar surface area (TPSA) is 97.5 Å². The normalized spacial score (nSPS) is 10.5. The molecule has 142 valence electrons. The van der Waals surface area contributed by atoms with Gasteiger partial charge in [0, 0.05) is 18.7 Å². The molecule has 1 heterocycles. The number of ether oxygens (including phenoxy) is 3. The third-order valence-corrected chi connectivity index (χ3v) is 4.02. The van der Waals surface area contributed by atoms with Crippen molar-refractivity contribution in [3.63, 3.8) is 0 Å². The van der Waals surface area contributed by atoms with Crippen LogP contribution in [-0.2, 0) is 0 Å². The third-order valence-electron chi connectivity index (χ3n) is 4.02. The van der Waals surface area contributed by atoms with E-state index in [1.165, 1.54) is 21.3 Å². The number of nitrogens with zero attached hydrogens (tertiary/aromatic N) is 1. The second kappa shape index (κ2) is 8.31. The summed E-state index contributed by atoms with van der Waals surface area (Å²) in [5.41, 5.74) is 2.27. The van der Waals surface area contributed by atoms with E-state index in [0.29, 0.717) is 41.8 Å². The molecule has 3 aromatic rings. The van der Waals surface area contributed by atoms with Crippen LogP contribution in [0.5, 0.6) is 17.2 Å². The lowest BCUT2D eigenvalue weighted by Crippen LogP contribution is -2.29. The second-order valence-corrected chi connectivity index (χ2v) is 5.70. The maximum absolute atomic E-state index is 12.4. The minimum absolute atomic E-state index is 0.236. The van der Waals surface area contributed by atoms with E-state index in [9.17, 15) is 4.79 Å². The summed E-state index contributed by atoms with van der Waals surface area (Å²) in [4.78, 5) is 20.0. The molecule has 8 nitrogen and oxygen atoms in total. The number of benzene rings is 2. The first-order valence-electron chi connectivity index (χ1n) is 8.43. The van der Waals surface area contributed by atoms with Crippen LogP contribution in [-0.4, -0.2) is 50.3 Å². The molecular weight excluding hydrogens is 348 g/mol. The molecule has 1 aromatic heterocycles. The van der Waals surface area contributed by atoms with Crippen molar-refractivity contribution in [1.82, 2.24) is 15.3 Å². The van der Waals surface area contributed by atoms with Crippen molar-refractivity contribution in [3.8, 4) is 17.2 Å². The molecule has 0 unspecified atom stereocenters.